The number of rotatable bonds is 7. The molecule has 0 bridgehead atoms. The van der Waals surface area contributed by atoms with Crippen LogP contribution in [0.15, 0.2) is 60.0 Å². The van der Waals surface area contributed by atoms with E-state index in [9.17, 15) is 4.79 Å². The van der Waals surface area contributed by atoms with Crippen LogP contribution in [0, 0.1) is 0 Å². The van der Waals surface area contributed by atoms with Crippen molar-refractivity contribution in [2.24, 2.45) is 0 Å². The van der Waals surface area contributed by atoms with Gasteiger partial charge in [0.05, 0.1) is 11.4 Å². The molecule has 0 saturated carbocycles. The Morgan fingerprint density at radius 3 is 2.81 bits per heavy atom. The van der Waals surface area contributed by atoms with Gasteiger partial charge < -0.3 is 4.90 Å². The lowest BCUT2D eigenvalue weighted by Crippen LogP contribution is -2.27. The maximum Gasteiger partial charge on any atom is 0.233 e. The molecule has 0 unspecified atom stereocenters. The predicted octanol–water partition coefficient (Wildman–Crippen LogP) is 4.23. The Morgan fingerprint density at radius 1 is 1.22 bits per heavy atom. The SMILES string of the molecule is CCc1ccccc1-n1cnnc1SCC(=O)N(C)Cc1cccc(Cl)c1. The molecule has 27 heavy (non-hydrogen) atoms. The molecule has 0 saturated heterocycles. The minimum absolute atomic E-state index is 0.0262. The van der Waals surface area contributed by atoms with Crippen LogP contribution in [0.2, 0.25) is 5.02 Å². The molecule has 1 aromatic heterocycles. The molecule has 0 radical (unpaired) electrons. The Hall–Kier alpha value is -2.31. The van der Waals surface area contributed by atoms with Gasteiger partial charge in [-0.15, -0.1) is 10.2 Å². The van der Waals surface area contributed by atoms with Gasteiger partial charge in [-0.3, -0.25) is 9.36 Å². The number of aryl methyl sites for hydroxylation is 1. The molecule has 1 amide bonds. The summed E-state index contributed by atoms with van der Waals surface area (Å²) in [7, 11) is 1.79. The zero-order valence-electron chi connectivity index (χ0n) is 15.3. The van der Waals surface area contributed by atoms with Crippen LogP contribution < -0.4 is 0 Å². The van der Waals surface area contributed by atoms with Gasteiger partial charge in [0, 0.05) is 18.6 Å². The van der Waals surface area contributed by atoms with Crippen LogP contribution in [0.1, 0.15) is 18.1 Å². The van der Waals surface area contributed by atoms with Crippen molar-refractivity contribution in [3.63, 3.8) is 0 Å². The molecule has 3 aromatic rings. The lowest BCUT2D eigenvalue weighted by atomic mass is 10.1. The van der Waals surface area contributed by atoms with Gasteiger partial charge in [0.2, 0.25) is 5.91 Å². The second kappa shape index (κ2) is 9.06. The molecule has 0 aliphatic carbocycles. The summed E-state index contributed by atoms with van der Waals surface area (Å²) in [4.78, 5) is 14.2. The van der Waals surface area contributed by atoms with E-state index in [1.54, 1.807) is 18.3 Å². The summed E-state index contributed by atoms with van der Waals surface area (Å²) in [5.41, 5.74) is 3.26. The van der Waals surface area contributed by atoms with E-state index in [4.69, 9.17) is 11.6 Å². The van der Waals surface area contributed by atoms with Gasteiger partial charge in [-0.2, -0.15) is 0 Å². The Bertz CT molecular complexity index is 928. The third-order valence-electron chi connectivity index (χ3n) is 4.21. The summed E-state index contributed by atoms with van der Waals surface area (Å²) >= 11 is 7.40. The highest BCUT2D eigenvalue weighted by Crippen LogP contribution is 2.23. The van der Waals surface area contributed by atoms with Gasteiger partial charge in [-0.05, 0) is 35.7 Å². The number of carbonyl (C=O) groups is 1. The van der Waals surface area contributed by atoms with Crippen molar-refractivity contribution in [2.45, 2.75) is 25.0 Å². The molecule has 1 heterocycles. The fraction of sp³-hybridized carbons (Fsp3) is 0.250. The van der Waals surface area contributed by atoms with Crippen LogP contribution in [0.3, 0.4) is 0 Å². The van der Waals surface area contributed by atoms with Crippen LogP contribution in [0.25, 0.3) is 5.69 Å². The monoisotopic (exact) mass is 400 g/mol. The number of hydrogen-bond acceptors (Lipinski definition) is 4. The quantitative estimate of drug-likeness (QED) is 0.557. The second-order valence-corrected chi connectivity index (χ2v) is 7.51. The van der Waals surface area contributed by atoms with Crippen LogP contribution in [0.5, 0.6) is 0 Å². The van der Waals surface area contributed by atoms with E-state index < -0.39 is 0 Å². The number of hydrogen-bond donors (Lipinski definition) is 0. The third kappa shape index (κ3) is 4.90. The van der Waals surface area contributed by atoms with E-state index in [0.29, 0.717) is 22.5 Å². The molecule has 0 atom stereocenters. The normalized spacial score (nSPS) is 10.8. The summed E-state index contributed by atoms with van der Waals surface area (Å²) in [6.45, 7) is 2.63. The molecular formula is C20H21ClN4OS. The standard InChI is InChI=1S/C20H21ClN4OS/c1-3-16-8-4-5-10-18(16)25-14-22-23-20(25)27-13-19(26)24(2)12-15-7-6-9-17(21)11-15/h4-11,14H,3,12-13H2,1-2H3. The summed E-state index contributed by atoms with van der Waals surface area (Å²) in [5.74, 6) is 0.322. The molecule has 0 aliphatic rings. The van der Waals surface area contributed by atoms with Gasteiger partial charge in [-0.25, -0.2) is 0 Å². The van der Waals surface area contributed by atoms with Crippen molar-refractivity contribution in [2.75, 3.05) is 12.8 Å². The highest BCUT2D eigenvalue weighted by atomic mass is 35.5. The number of thioether (sulfide) groups is 1. The number of nitrogens with zero attached hydrogens (tertiary/aromatic N) is 4. The highest BCUT2D eigenvalue weighted by Gasteiger charge is 2.14. The largest absolute Gasteiger partial charge is 0.341 e. The number of para-hydroxylation sites is 1. The fourth-order valence-electron chi connectivity index (χ4n) is 2.77. The molecule has 0 aliphatic heterocycles. The van der Waals surface area contributed by atoms with Crippen molar-refractivity contribution >= 4 is 29.3 Å². The lowest BCUT2D eigenvalue weighted by molar-refractivity contribution is -0.127. The van der Waals surface area contributed by atoms with Crippen molar-refractivity contribution < 1.29 is 4.79 Å². The first kappa shape index (κ1) is 19.5. The maximum absolute atomic E-state index is 12.5. The molecule has 0 spiro atoms. The number of benzene rings is 2. The van der Waals surface area contributed by atoms with Gasteiger partial charge in [0.25, 0.3) is 0 Å². The number of halogens is 1. The topological polar surface area (TPSA) is 51.0 Å². The van der Waals surface area contributed by atoms with Crippen LogP contribution in [-0.4, -0.2) is 38.4 Å². The number of aromatic nitrogens is 3. The summed E-state index contributed by atoms with van der Waals surface area (Å²) in [6, 6.07) is 15.7. The first-order chi connectivity index (χ1) is 13.1. The van der Waals surface area contributed by atoms with Crippen molar-refractivity contribution in [3.05, 3.63) is 71.0 Å². The zero-order chi connectivity index (χ0) is 19.2. The maximum atomic E-state index is 12.5. The van der Waals surface area contributed by atoms with E-state index in [1.807, 2.05) is 47.0 Å². The Balaban J connectivity index is 1.65. The summed E-state index contributed by atoms with van der Waals surface area (Å²) in [6.07, 6.45) is 2.61. The first-order valence-electron chi connectivity index (χ1n) is 8.68. The van der Waals surface area contributed by atoms with Crippen LogP contribution in [-0.2, 0) is 17.8 Å². The third-order valence-corrected chi connectivity index (χ3v) is 5.37. The smallest absolute Gasteiger partial charge is 0.233 e. The van der Waals surface area contributed by atoms with Crippen molar-refractivity contribution in [3.8, 4) is 5.69 Å². The van der Waals surface area contributed by atoms with Crippen molar-refractivity contribution in [1.82, 2.24) is 19.7 Å². The fourth-order valence-corrected chi connectivity index (χ4v) is 3.84. The van der Waals surface area contributed by atoms with E-state index in [-0.39, 0.29) is 5.91 Å². The lowest BCUT2D eigenvalue weighted by Gasteiger charge is -2.17. The molecule has 3 rings (SSSR count). The van der Waals surface area contributed by atoms with E-state index in [0.717, 1.165) is 17.7 Å². The zero-order valence-corrected chi connectivity index (χ0v) is 16.9. The van der Waals surface area contributed by atoms with Gasteiger partial charge in [0.15, 0.2) is 5.16 Å². The Kier molecular flexibility index (Phi) is 6.53. The minimum Gasteiger partial charge on any atom is -0.341 e. The Labute approximate surface area is 168 Å². The van der Waals surface area contributed by atoms with Crippen LogP contribution >= 0.6 is 23.4 Å². The van der Waals surface area contributed by atoms with E-state index in [2.05, 4.69) is 23.2 Å². The van der Waals surface area contributed by atoms with Gasteiger partial charge in [-0.1, -0.05) is 60.6 Å². The van der Waals surface area contributed by atoms with E-state index in [1.165, 1.54) is 17.3 Å². The number of amides is 1. The summed E-state index contributed by atoms with van der Waals surface area (Å²) in [5, 5.41) is 9.59. The highest BCUT2D eigenvalue weighted by molar-refractivity contribution is 7.99. The molecule has 2 aromatic carbocycles. The second-order valence-electron chi connectivity index (χ2n) is 6.13. The van der Waals surface area contributed by atoms with E-state index >= 15 is 0 Å². The van der Waals surface area contributed by atoms with Gasteiger partial charge in [0.1, 0.15) is 6.33 Å². The predicted molar refractivity (Wildman–Crippen MR) is 109 cm³/mol. The molecule has 0 fully saturated rings. The molecule has 140 valence electrons. The Morgan fingerprint density at radius 2 is 2.04 bits per heavy atom. The molecule has 0 N–H and O–H groups in total. The molecule has 5 nitrogen and oxygen atoms in total. The van der Waals surface area contributed by atoms with Crippen molar-refractivity contribution in [1.29, 1.82) is 0 Å². The van der Waals surface area contributed by atoms with Gasteiger partial charge >= 0.3 is 0 Å². The van der Waals surface area contributed by atoms with Crippen LogP contribution in [0.4, 0.5) is 0 Å². The average Bonchev–Trinajstić information content (AvgIpc) is 3.14. The molecular weight excluding hydrogens is 380 g/mol. The summed E-state index contributed by atoms with van der Waals surface area (Å²) < 4.78 is 1.94. The minimum atomic E-state index is 0.0262. The average molecular weight is 401 g/mol. The first-order valence-corrected chi connectivity index (χ1v) is 10.0. The number of carbonyl (C=O) groups excluding carboxylic acids is 1. The molecule has 7 heteroatoms.